The molecular weight excluding hydrogens is 350 g/mol. The lowest BCUT2D eigenvalue weighted by atomic mass is 10.0. The number of nitrogens with zero attached hydrogens (tertiary/aromatic N) is 1. The van der Waals surface area contributed by atoms with Gasteiger partial charge < -0.3 is 11.1 Å². The highest BCUT2D eigenvalue weighted by Crippen LogP contribution is 2.36. The van der Waals surface area contributed by atoms with E-state index in [1.54, 1.807) is 0 Å². The van der Waals surface area contributed by atoms with E-state index in [9.17, 15) is 0 Å². The first-order chi connectivity index (χ1) is 11.2. The summed E-state index contributed by atoms with van der Waals surface area (Å²) in [4.78, 5) is 4.59. The zero-order chi connectivity index (χ0) is 15.8. The Morgan fingerprint density at radius 2 is 1.78 bits per heavy atom. The number of benzene rings is 3. The molecule has 3 aromatic rings. The van der Waals surface area contributed by atoms with Gasteiger partial charge in [-0.15, -0.1) is 0 Å². The van der Waals surface area contributed by atoms with E-state index in [4.69, 9.17) is 5.73 Å². The van der Waals surface area contributed by atoms with Crippen LogP contribution in [0.25, 0.3) is 10.8 Å². The van der Waals surface area contributed by atoms with Crippen LogP contribution in [-0.4, -0.2) is 5.96 Å². The topological polar surface area (TPSA) is 50.4 Å². The highest BCUT2D eigenvalue weighted by molar-refractivity contribution is 9.10. The van der Waals surface area contributed by atoms with Crippen LogP contribution < -0.4 is 11.1 Å². The molecule has 0 aliphatic heterocycles. The molecule has 3 nitrogen and oxygen atoms in total. The van der Waals surface area contributed by atoms with Gasteiger partial charge in [0.2, 0.25) is 0 Å². The summed E-state index contributed by atoms with van der Waals surface area (Å²) in [7, 11) is 0. The van der Waals surface area contributed by atoms with Crippen LogP contribution >= 0.6 is 15.9 Å². The van der Waals surface area contributed by atoms with Crippen LogP contribution in [0.15, 0.2) is 64.1 Å². The number of halogens is 1. The number of guanidine groups is 1. The van der Waals surface area contributed by atoms with E-state index in [0.717, 1.165) is 28.7 Å². The minimum atomic E-state index is 0.391. The summed E-state index contributed by atoms with van der Waals surface area (Å²) in [6.07, 6.45) is 2.23. The first-order valence-electron chi connectivity index (χ1n) is 7.61. The molecule has 4 rings (SSSR count). The number of hydrogen-bond acceptors (Lipinski definition) is 1. The maximum Gasteiger partial charge on any atom is 0.198 e. The van der Waals surface area contributed by atoms with Crippen molar-refractivity contribution < 1.29 is 0 Å². The average molecular weight is 366 g/mol. The quantitative estimate of drug-likeness (QED) is 0.508. The van der Waals surface area contributed by atoms with Crippen LogP contribution in [-0.2, 0) is 12.8 Å². The second kappa shape index (κ2) is 5.70. The third-order valence-corrected chi connectivity index (χ3v) is 4.69. The molecule has 1 aliphatic rings. The Bertz CT molecular complexity index is 921. The van der Waals surface area contributed by atoms with Gasteiger partial charge in [-0.1, -0.05) is 46.3 Å². The lowest BCUT2D eigenvalue weighted by molar-refractivity contribution is 1.02. The second-order valence-corrected chi connectivity index (χ2v) is 6.63. The third-order valence-electron chi connectivity index (χ3n) is 4.19. The largest absolute Gasteiger partial charge is 0.369 e. The van der Waals surface area contributed by atoms with Crippen molar-refractivity contribution in [2.45, 2.75) is 12.8 Å². The molecule has 0 saturated heterocycles. The summed E-state index contributed by atoms with van der Waals surface area (Å²) in [5, 5.41) is 5.67. The molecule has 114 valence electrons. The monoisotopic (exact) mass is 365 g/mol. The summed E-state index contributed by atoms with van der Waals surface area (Å²) < 4.78 is 1.00. The first-order valence-corrected chi connectivity index (χ1v) is 8.40. The minimum absolute atomic E-state index is 0.391. The minimum Gasteiger partial charge on any atom is -0.369 e. The molecule has 23 heavy (non-hydrogen) atoms. The van der Waals surface area contributed by atoms with Gasteiger partial charge in [-0.2, -0.15) is 0 Å². The molecule has 0 spiro atoms. The Kier molecular flexibility index (Phi) is 3.54. The van der Waals surface area contributed by atoms with E-state index in [1.807, 2.05) is 24.3 Å². The summed E-state index contributed by atoms with van der Waals surface area (Å²) in [5.41, 5.74) is 10.7. The fourth-order valence-electron chi connectivity index (χ4n) is 3.20. The van der Waals surface area contributed by atoms with Crippen LogP contribution in [0, 0.1) is 0 Å². The van der Waals surface area contributed by atoms with E-state index in [-0.39, 0.29) is 0 Å². The first kappa shape index (κ1) is 14.3. The van der Waals surface area contributed by atoms with Gasteiger partial charge in [0.05, 0.1) is 5.69 Å². The van der Waals surface area contributed by atoms with Gasteiger partial charge in [-0.25, -0.2) is 4.99 Å². The maximum absolute atomic E-state index is 6.09. The van der Waals surface area contributed by atoms with Gasteiger partial charge in [-0.3, -0.25) is 0 Å². The van der Waals surface area contributed by atoms with E-state index in [0.29, 0.717) is 5.96 Å². The number of anilines is 1. The van der Waals surface area contributed by atoms with Crippen molar-refractivity contribution in [3.8, 4) is 0 Å². The Labute approximate surface area is 143 Å². The number of hydrogen-bond donors (Lipinski definition) is 2. The van der Waals surface area contributed by atoms with Crippen LogP contribution in [0.5, 0.6) is 0 Å². The van der Waals surface area contributed by atoms with Crippen LogP contribution in [0.4, 0.5) is 11.4 Å². The van der Waals surface area contributed by atoms with E-state index in [1.165, 1.54) is 21.9 Å². The standard InChI is InChI=1S/C19H16BrN3/c20-14-4-2-5-15(11-14)22-19(21)23-17-10-9-13-8-7-12-3-1-6-16(17)18(12)13/h1-6,9-11H,7-8H2,(H3,21,22,23). The zero-order valence-electron chi connectivity index (χ0n) is 12.5. The number of aryl methyl sites for hydroxylation is 2. The predicted molar refractivity (Wildman–Crippen MR) is 100 cm³/mol. The smallest absolute Gasteiger partial charge is 0.198 e. The second-order valence-electron chi connectivity index (χ2n) is 5.72. The van der Waals surface area contributed by atoms with Crippen molar-refractivity contribution in [2.75, 3.05) is 5.32 Å². The molecule has 0 unspecified atom stereocenters. The Balaban J connectivity index is 1.72. The molecule has 0 radical (unpaired) electrons. The third kappa shape index (κ3) is 2.70. The molecule has 0 amide bonds. The lowest BCUT2D eigenvalue weighted by Gasteiger charge is -2.08. The van der Waals surface area contributed by atoms with Crippen LogP contribution in [0.2, 0.25) is 0 Å². The van der Waals surface area contributed by atoms with Crippen molar-refractivity contribution in [3.63, 3.8) is 0 Å². The van der Waals surface area contributed by atoms with Crippen LogP contribution in [0.3, 0.4) is 0 Å². The SMILES string of the molecule is NC(=Nc1ccc2c3c(cccc13)CC2)Nc1cccc(Br)c1. The molecule has 0 saturated carbocycles. The average Bonchev–Trinajstić information content (AvgIpc) is 2.95. The summed E-state index contributed by atoms with van der Waals surface area (Å²) in [5.74, 6) is 0.391. The molecule has 1 aliphatic carbocycles. The maximum atomic E-state index is 6.09. The lowest BCUT2D eigenvalue weighted by Crippen LogP contribution is -2.21. The van der Waals surface area contributed by atoms with Crippen molar-refractivity contribution in [2.24, 2.45) is 10.7 Å². The molecule has 3 aromatic carbocycles. The zero-order valence-corrected chi connectivity index (χ0v) is 14.1. The Hall–Kier alpha value is -2.33. The normalized spacial score (nSPS) is 13.5. The number of nitrogens with two attached hydrogens (primary N) is 1. The van der Waals surface area contributed by atoms with E-state index in [2.05, 4.69) is 56.6 Å². The van der Waals surface area contributed by atoms with Gasteiger partial charge >= 0.3 is 0 Å². The van der Waals surface area contributed by atoms with Gasteiger partial charge in [0.15, 0.2) is 5.96 Å². The molecule has 4 heteroatoms. The van der Waals surface area contributed by atoms with Crippen molar-refractivity contribution in [1.82, 2.24) is 0 Å². The fraction of sp³-hybridized carbons (Fsp3) is 0.105. The highest BCUT2D eigenvalue weighted by Gasteiger charge is 2.15. The van der Waals surface area contributed by atoms with Gasteiger partial charge in [0.25, 0.3) is 0 Å². The van der Waals surface area contributed by atoms with Gasteiger partial charge in [0.1, 0.15) is 0 Å². The van der Waals surface area contributed by atoms with E-state index >= 15 is 0 Å². The fourth-order valence-corrected chi connectivity index (χ4v) is 3.60. The van der Waals surface area contributed by atoms with Crippen LogP contribution in [0.1, 0.15) is 11.1 Å². The molecule has 0 bridgehead atoms. The van der Waals surface area contributed by atoms with Crippen molar-refractivity contribution in [1.29, 1.82) is 0 Å². The molecule has 0 fully saturated rings. The Morgan fingerprint density at radius 1 is 1.00 bits per heavy atom. The number of rotatable bonds is 2. The Morgan fingerprint density at radius 3 is 2.61 bits per heavy atom. The molecule has 0 heterocycles. The van der Waals surface area contributed by atoms with Gasteiger partial charge in [-0.05, 0) is 53.6 Å². The summed E-state index contributed by atoms with van der Waals surface area (Å²) in [6, 6.07) is 18.5. The number of aliphatic imine (C=N–C) groups is 1. The predicted octanol–water partition coefficient (Wildman–Crippen LogP) is 4.76. The molecular formula is C19H16BrN3. The van der Waals surface area contributed by atoms with Crippen molar-refractivity contribution >= 4 is 44.0 Å². The summed E-state index contributed by atoms with van der Waals surface area (Å²) >= 11 is 3.45. The molecule has 0 atom stereocenters. The molecule has 0 aromatic heterocycles. The highest BCUT2D eigenvalue weighted by atomic mass is 79.9. The van der Waals surface area contributed by atoms with E-state index < -0.39 is 0 Å². The van der Waals surface area contributed by atoms with Gasteiger partial charge in [0, 0.05) is 15.5 Å². The number of nitrogens with one attached hydrogen (secondary N) is 1. The summed E-state index contributed by atoms with van der Waals surface area (Å²) in [6.45, 7) is 0. The molecule has 3 N–H and O–H groups in total. The van der Waals surface area contributed by atoms with Crippen molar-refractivity contribution in [3.05, 3.63) is 70.2 Å².